The van der Waals surface area contributed by atoms with Crippen LogP contribution in [0.3, 0.4) is 0 Å². The topological polar surface area (TPSA) is 20.2 Å². The van der Waals surface area contributed by atoms with E-state index in [1.165, 1.54) is 103 Å². The fourth-order valence-electron chi connectivity index (χ4n) is 3.34. The van der Waals surface area contributed by atoms with Crippen LogP contribution in [0.4, 0.5) is 0 Å². The van der Waals surface area contributed by atoms with Crippen molar-refractivity contribution in [2.45, 2.75) is 109 Å². The average molecular weight is 353 g/mol. The molecule has 2 heteroatoms. The summed E-state index contributed by atoms with van der Waals surface area (Å²) in [7, 11) is 0. The number of rotatable bonds is 18. The van der Waals surface area contributed by atoms with E-state index < -0.39 is 0 Å². The molecular formula is C22H40OS. The summed E-state index contributed by atoms with van der Waals surface area (Å²) in [6.07, 6.45) is 23.3. The Balaban J connectivity index is 1.66. The first kappa shape index (κ1) is 21.7. The summed E-state index contributed by atoms with van der Waals surface area (Å²) >= 11 is 1.90. The molecule has 0 aliphatic carbocycles. The molecule has 1 rings (SSSR count). The largest absolute Gasteiger partial charge is 0.396 e. The molecule has 1 aromatic heterocycles. The molecule has 0 aromatic carbocycles. The monoisotopic (exact) mass is 352 g/mol. The van der Waals surface area contributed by atoms with E-state index in [2.05, 4.69) is 17.5 Å². The van der Waals surface area contributed by atoms with Gasteiger partial charge in [-0.05, 0) is 30.7 Å². The van der Waals surface area contributed by atoms with Gasteiger partial charge in [0.1, 0.15) is 0 Å². The van der Waals surface area contributed by atoms with Gasteiger partial charge in [0.05, 0.1) is 0 Å². The van der Waals surface area contributed by atoms with E-state index in [0.717, 1.165) is 6.42 Å². The minimum atomic E-state index is 0.370. The minimum Gasteiger partial charge on any atom is -0.396 e. The van der Waals surface area contributed by atoms with E-state index >= 15 is 0 Å². The molecule has 0 radical (unpaired) electrons. The van der Waals surface area contributed by atoms with Gasteiger partial charge in [-0.3, -0.25) is 0 Å². The first-order chi connectivity index (χ1) is 11.9. The summed E-state index contributed by atoms with van der Waals surface area (Å²) in [4.78, 5) is 1.56. The third-order valence-corrected chi connectivity index (χ3v) is 5.85. The summed E-state index contributed by atoms with van der Waals surface area (Å²) in [6.45, 7) is 0.370. The lowest BCUT2D eigenvalue weighted by Crippen LogP contribution is -1.85. The van der Waals surface area contributed by atoms with Crippen LogP contribution in [0.5, 0.6) is 0 Å². The van der Waals surface area contributed by atoms with Crippen LogP contribution in [0.25, 0.3) is 0 Å². The molecule has 0 fully saturated rings. The van der Waals surface area contributed by atoms with Crippen molar-refractivity contribution < 1.29 is 5.11 Å². The van der Waals surface area contributed by atoms with Gasteiger partial charge >= 0.3 is 0 Å². The fraction of sp³-hybridized carbons (Fsp3) is 0.818. The van der Waals surface area contributed by atoms with Gasteiger partial charge in [-0.25, -0.2) is 0 Å². The number of hydrogen-bond donors (Lipinski definition) is 1. The molecule has 1 heterocycles. The van der Waals surface area contributed by atoms with Crippen molar-refractivity contribution in [3.63, 3.8) is 0 Å². The summed E-state index contributed by atoms with van der Waals surface area (Å²) < 4.78 is 0. The van der Waals surface area contributed by atoms with E-state index in [0.29, 0.717) is 6.61 Å². The van der Waals surface area contributed by atoms with Crippen LogP contribution in [-0.2, 0) is 6.42 Å². The quantitative estimate of drug-likeness (QED) is 0.271. The van der Waals surface area contributed by atoms with Gasteiger partial charge in [0, 0.05) is 11.5 Å². The van der Waals surface area contributed by atoms with Gasteiger partial charge in [-0.15, -0.1) is 11.3 Å². The van der Waals surface area contributed by atoms with Crippen molar-refractivity contribution in [2.24, 2.45) is 0 Å². The Bertz CT molecular complexity index is 334. The number of hydrogen-bond acceptors (Lipinski definition) is 2. The van der Waals surface area contributed by atoms with Crippen molar-refractivity contribution in [2.75, 3.05) is 6.61 Å². The van der Waals surface area contributed by atoms with Gasteiger partial charge in [0.25, 0.3) is 0 Å². The molecule has 1 aromatic rings. The van der Waals surface area contributed by atoms with E-state index in [4.69, 9.17) is 5.11 Å². The van der Waals surface area contributed by atoms with E-state index in [1.807, 2.05) is 11.3 Å². The lowest BCUT2D eigenvalue weighted by atomic mass is 10.0. The highest BCUT2D eigenvalue weighted by Crippen LogP contribution is 2.16. The molecule has 0 aliphatic rings. The second kappa shape index (κ2) is 17.5. The Kier molecular flexibility index (Phi) is 15.8. The lowest BCUT2D eigenvalue weighted by molar-refractivity contribution is 0.282. The second-order valence-corrected chi connectivity index (χ2v) is 8.24. The molecular weight excluding hydrogens is 312 g/mol. The predicted molar refractivity (Wildman–Crippen MR) is 109 cm³/mol. The molecule has 0 aliphatic heterocycles. The zero-order valence-electron chi connectivity index (χ0n) is 15.8. The highest BCUT2D eigenvalue weighted by molar-refractivity contribution is 7.09. The molecule has 0 bridgehead atoms. The number of thiophene rings is 1. The maximum Gasteiger partial charge on any atom is 0.0431 e. The first-order valence-corrected chi connectivity index (χ1v) is 11.4. The highest BCUT2D eigenvalue weighted by atomic mass is 32.1. The third kappa shape index (κ3) is 14.0. The Morgan fingerprint density at radius 3 is 1.38 bits per heavy atom. The smallest absolute Gasteiger partial charge is 0.0431 e. The molecule has 1 nitrogen and oxygen atoms in total. The number of aryl methyl sites for hydroxylation is 1. The van der Waals surface area contributed by atoms with E-state index in [-0.39, 0.29) is 0 Å². The molecule has 0 amide bonds. The standard InChI is InChI=1S/C22H40OS/c23-20-16-14-12-10-8-6-4-2-1-3-5-7-9-11-13-15-18-22-19-17-21-24-22/h17,19,21,23H,1-16,18,20H2. The second-order valence-electron chi connectivity index (χ2n) is 7.21. The van der Waals surface area contributed by atoms with Gasteiger partial charge in [-0.2, -0.15) is 0 Å². The molecule has 1 N–H and O–H groups in total. The van der Waals surface area contributed by atoms with Crippen LogP contribution >= 0.6 is 11.3 Å². The van der Waals surface area contributed by atoms with Crippen LogP contribution in [0.1, 0.15) is 108 Å². The molecule has 24 heavy (non-hydrogen) atoms. The Morgan fingerprint density at radius 2 is 1.00 bits per heavy atom. The van der Waals surface area contributed by atoms with Gasteiger partial charge in [0.15, 0.2) is 0 Å². The van der Waals surface area contributed by atoms with Crippen molar-refractivity contribution in [3.8, 4) is 0 Å². The van der Waals surface area contributed by atoms with Gasteiger partial charge in [0.2, 0.25) is 0 Å². The predicted octanol–water partition coefficient (Wildman–Crippen LogP) is 7.52. The summed E-state index contributed by atoms with van der Waals surface area (Å²) in [5.74, 6) is 0. The third-order valence-electron chi connectivity index (χ3n) is 4.91. The van der Waals surface area contributed by atoms with E-state index in [1.54, 1.807) is 4.88 Å². The van der Waals surface area contributed by atoms with Crippen LogP contribution in [0, 0.1) is 0 Å². The summed E-state index contributed by atoms with van der Waals surface area (Å²) in [6, 6.07) is 4.43. The minimum absolute atomic E-state index is 0.370. The SMILES string of the molecule is OCCCCCCCCCCCCCCCCCCc1cccs1. The summed E-state index contributed by atoms with van der Waals surface area (Å²) in [5.41, 5.74) is 0. The first-order valence-electron chi connectivity index (χ1n) is 10.6. The lowest BCUT2D eigenvalue weighted by Gasteiger charge is -2.03. The van der Waals surface area contributed by atoms with Crippen LogP contribution in [-0.4, -0.2) is 11.7 Å². The number of aliphatic hydroxyl groups is 1. The number of aliphatic hydroxyl groups excluding tert-OH is 1. The molecule has 0 unspecified atom stereocenters. The van der Waals surface area contributed by atoms with Crippen LogP contribution in [0.2, 0.25) is 0 Å². The van der Waals surface area contributed by atoms with Crippen molar-refractivity contribution in [1.82, 2.24) is 0 Å². The number of unbranched alkanes of at least 4 members (excludes halogenated alkanes) is 15. The average Bonchev–Trinajstić information content (AvgIpc) is 3.11. The maximum atomic E-state index is 8.72. The van der Waals surface area contributed by atoms with Crippen molar-refractivity contribution >= 4 is 11.3 Å². The molecule has 0 spiro atoms. The molecule has 0 atom stereocenters. The molecule has 0 saturated heterocycles. The zero-order valence-corrected chi connectivity index (χ0v) is 16.6. The van der Waals surface area contributed by atoms with Gasteiger partial charge in [-0.1, -0.05) is 96.0 Å². The van der Waals surface area contributed by atoms with Crippen molar-refractivity contribution in [3.05, 3.63) is 22.4 Å². The fourth-order valence-corrected chi connectivity index (χ4v) is 4.09. The maximum absolute atomic E-state index is 8.72. The van der Waals surface area contributed by atoms with E-state index in [9.17, 15) is 0 Å². The summed E-state index contributed by atoms with van der Waals surface area (Å²) in [5, 5.41) is 10.9. The zero-order chi connectivity index (χ0) is 17.1. The molecule has 0 saturated carbocycles. The van der Waals surface area contributed by atoms with Gasteiger partial charge < -0.3 is 5.11 Å². The Labute approximate surface area is 154 Å². The van der Waals surface area contributed by atoms with Crippen molar-refractivity contribution in [1.29, 1.82) is 0 Å². The molecule has 140 valence electrons. The Hall–Kier alpha value is -0.340. The Morgan fingerprint density at radius 1 is 0.583 bits per heavy atom. The van der Waals surface area contributed by atoms with Crippen LogP contribution in [0.15, 0.2) is 17.5 Å². The highest BCUT2D eigenvalue weighted by Gasteiger charge is 1.96. The van der Waals surface area contributed by atoms with Crippen LogP contribution < -0.4 is 0 Å². The normalized spacial score (nSPS) is 11.2.